The summed E-state index contributed by atoms with van der Waals surface area (Å²) in [6.07, 6.45) is 0.553. The summed E-state index contributed by atoms with van der Waals surface area (Å²) in [5, 5.41) is 2.77. The number of hydrogen-bond donors (Lipinski definition) is 0. The molecule has 0 aliphatic heterocycles. The summed E-state index contributed by atoms with van der Waals surface area (Å²) in [5.74, 6) is 0.0775. The van der Waals surface area contributed by atoms with Gasteiger partial charge in [-0.1, -0.05) is 54.1 Å². The third kappa shape index (κ3) is 3.34. The van der Waals surface area contributed by atoms with Gasteiger partial charge in [0.1, 0.15) is 5.75 Å². The van der Waals surface area contributed by atoms with Gasteiger partial charge >= 0.3 is 11.4 Å². The summed E-state index contributed by atoms with van der Waals surface area (Å²) >= 11 is 6.21. The third-order valence-corrected chi connectivity index (χ3v) is 4.72. The van der Waals surface area contributed by atoms with E-state index in [0.29, 0.717) is 30.1 Å². The normalized spacial score (nSPS) is 11.1. The molecule has 1 heterocycles. The average Bonchev–Trinajstić information content (AvgIpc) is 2.67. The minimum Gasteiger partial charge on any atom is -0.493 e. The third-order valence-electron chi connectivity index (χ3n) is 4.41. The predicted octanol–water partition coefficient (Wildman–Crippen LogP) is 4.23. The topological polar surface area (TPSA) is 61.4 Å². The van der Waals surface area contributed by atoms with Gasteiger partial charge in [-0.2, -0.15) is 0 Å². The molecular formula is C21H16ClNO4. The highest BCUT2D eigenvalue weighted by Gasteiger charge is 2.12. The Hall–Kier alpha value is -3.05. The summed E-state index contributed by atoms with van der Waals surface area (Å²) in [7, 11) is 0. The molecule has 0 aliphatic carbocycles. The lowest BCUT2D eigenvalue weighted by Gasteiger charge is -2.11. The molecule has 0 radical (unpaired) electrons. The second-order valence-corrected chi connectivity index (χ2v) is 6.53. The molecule has 4 aromatic rings. The van der Waals surface area contributed by atoms with Crippen LogP contribution in [-0.2, 0) is 6.54 Å². The zero-order valence-electron chi connectivity index (χ0n) is 14.4. The maximum absolute atomic E-state index is 12.1. The molecule has 0 unspecified atom stereocenters. The Morgan fingerprint density at radius 3 is 2.56 bits per heavy atom. The van der Waals surface area contributed by atoms with Crippen LogP contribution in [-0.4, -0.2) is 11.2 Å². The molecule has 0 spiro atoms. The Morgan fingerprint density at radius 2 is 1.67 bits per heavy atom. The van der Waals surface area contributed by atoms with Gasteiger partial charge in [-0.15, -0.1) is 0 Å². The van der Waals surface area contributed by atoms with Crippen LogP contribution in [0.4, 0.5) is 0 Å². The highest BCUT2D eigenvalue weighted by atomic mass is 35.5. The molecule has 27 heavy (non-hydrogen) atoms. The molecule has 0 fully saturated rings. The quantitative estimate of drug-likeness (QED) is 0.485. The Kier molecular flexibility index (Phi) is 4.69. The van der Waals surface area contributed by atoms with E-state index >= 15 is 0 Å². The van der Waals surface area contributed by atoms with Gasteiger partial charge in [0.2, 0.25) is 0 Å². The van der Waals surface area contributed by atoms with E-state index in [4.69, 9.17) is 20.8 Å². The zero-order chi connectivity index (χ0) is 18.8. The lowest BCUT2D eigenvalue weighted by Crippen LogP contribution is -2.26. The van der Waals surface area contributed by atoms with Crippen molar-refractivity contribution in [3.05, 3.63) is 86.7 Å². The Labute approximate surface area is 159 Å². The van der Waals surface area contributed by atoms with Gasteiger partial charge in [-0.3, -0.25) is 4.57 Å². The number of aromatic nitrogens is 1. The van der Waals surface area contributed by atoms with Crippen LogP contribution >= 0.6 is 11.6 Å². The van der Waals surface area contributed by atoms with Crippen LogP contribution < -0.4 is 16.1 Å². The molecule has 5 nitrogen and oxygen atoms in total. The predicted molar refractivity (Wildman–Crippen MR) is 106 cm³/mol. The van der Waals surface area contributed by atoms with Gasteiger partial charge < -0.3 is 9.15 Å². The SMILES string of the molecule is O=c1oc(=O)n(CCCOc2cccc3ccccc23)c2c(Cl)cccc12. The first kappa shape index (κ1) is 17.4. The number of para-hydroxylation sites is 1. The molecule has 0 atom stereocenters. The van der Waals surface area contributed by atoms with Crippen LogP contribution in [0.3, 0.4) is 0 Å². The highest BCUT2D eigenvalue weighted by Crippen LogP contribution is 2.25. The number of benzene rings is 3. The molecule has 3 aromatic carbocycles. The van der Waals surface area contributed by atoms with Gasteiger partial charge in [0.15, 0.2) is 0 Å². The van der Waals surface area contributed by atoms with Gasteiger partial charge in [0.05, 0.1) is 22.5 Å². The van der Waals surface area contributed by atoms with E-state index in [1.165, 1.54) is 4.57 Å². The van der Waals surface area contributed by atoms with Crippen molar-refractivity contribution in [3.63, 3.8) is 0 Å². The first-order chi connectivity index (χ1) is 13.1. The average molecular weight is 382 g/mol. The van der Waals surface area contributed by atoms with Gasteiger partial charge in [0.25, 0.3) is 0 Å². The lowest BCUT2D eigenvalue weighted by atomic mass is 10.1. The van der Waals surface area contributed by atoms with E-state index in [1.54, 1.807) is 18.2 Å². The molecule has 6 heteroatoms. The van der Waals surface area contributed by atoms with Crippen LogP contribution in [0.2, 0.25) is 5.02 Å². The molecule has 0 bridgehead atoms. The van der Waals surface area contributed by atoms with Crippen LogP contribution in [0, 0.1) is 0 Å². The van der Waals surface area contributed by atoms with Crippen molar-refractivity contribution in [1.29, 1.82) is 0 Å². The first-order valence-corrected chi connectivity index (χ1v) is 8.96. The van der Waals surface area contributed by atoms with Crippen molar-refractivity contribution in [3.8, 4) is 5.75 Å². The second-order valence-electron chi connectivity index (χ2n) is 6.12. The zero-order valence-corrected chi connectivity index (χ0v) is 15.1. The summed E-state index contributed by atoms with van der Waals surface area (Å²) in [6, 6.07) is 18.8. The Morgan fingerprint density at radius 1 is 0.926 bits per heavy atom. The van der Waals surface area contributed by atoms with Crippen molar-refractivity contribution >= 4 is 33.3 Å². The molecule has 4 rings (SSSR count). The van der Waals surface area contributed by atoms with Crippen molar-refractivity contribution in [2.45, 2.75) is 13.0 Å². The van der Waals surface area contributed by atoms with Crippen molar-refractivity contribution in [1.82, 2.24) is 4.57 Å². The number of aryl methyl sites for hydroxylation is 1. The van der Waals surface area contributed by atoms with E-state index in [0.717, 1.165) is 16.5 Å². The fourth-order valence-corrected chi connectivity index (χ4v) is 3.44. The number of halogens is 1. The molecule has 0 N–H and O–H groups in total. The summed E-state index contributed by atoms with van der Waals surface area (Å²) in [4.78, 5) is 24.0. The van der Waals surface area contributed by atoms with Crippen LogP contribution in [0.5, 0.6) is 5.75 Å². The van der Waals surface area contributed by atoms with Crippen molar-refractivity contribution < 1.29 is 9.15 Å². The number of fused-ring (bicyclic) bond motifs is 2. The fraction of sp³-hybridized carbons (Fsp3) is 0.143. The molecule has 1 aromatic heterocycles. The van der Waals surface area contributed by atoms with Crippen molar-refractivity contribution in [2.75, 3.05) is 6.61 Å². The maximum Gasteiger partial charge on any atom is 0.422 e. The van der Waals surface area contributed by atoms with Crippen LogP contribution in [0.1, 0.15) is 6.42 Å². The van der Waals surface area contributed by atoms with E-state index in [-0.39, 0.29) is 5.39 Å². The number of nitrogens with zero attached hydrogens (tertiary/aromatic N) is 1. The monoisotopic (exact) mass is 381 g/mol. The molecule has 0 saturated carbocycles. The van der Waals surface area contributed by atoms with E-state index in [2.05, 4.69) is 0 Å². The summed E-state index contributed by atoms with van der Waals surface area (Å²) in [5.41, 5.74) is -0.286. The molecule has 0 aliphatic rings. The first-order valence-electron chi connectivity index (χ1n) is 8.58. The molecule has 136 valence electrons. The number of rotatable bonds is 5. The smallest absolute Gasteiger partial charge is 0.422 e. The Balaban J connectivity index is 1.55. The fourth-order valence-electron chi connectivity index (χ4n) is 3.16. The molecule has 0 amide bonds. The van der Waals surface area contributed by atoms with Crippen molar-refractivity contribution in [2.24, 2.45) is 0 Å². The number of ether oxygens (including phenoxy) is 1. The Bertz CT molecular complexity index is 1240. The van der Waals surface area contributed by atoms with E-state index < -0.39 is 11.4 Å². The van der Waals surface area contributed by atoms with E-state index in [1.807, 2.05) is 42.5 Å². The lowest BCUT2D eigenvalue weighted by molar-refractivity contribution is 0.299. The molecular weight excluding hydrogens is 366 g/mol. The minimum absolute atomic E-state index is 0.289. The number of hydrogen-bond acceptors (Lipinski definition) is 4. The van der Waals surface area contributed by atoms with E-state index in [9.17, 15) is 9.59 Å². The van der Waals surface area contributed by atoms with Crippen LogP contribution in [0.15, 0.2) is 74.7 Å². The van der Waals surface area contributed by atoms with Gasteiger partial charge in [-0.05, 0) is 30.0 Å². The standard InChI is InChI=1S/C21H16ClNO4/c22-17-10-4-9-16-19(17)23(21(25)27-20(16)24)12-5-13-26-18-11-3-7-14-6-1-2-8-15(14)18/h1-4,6-11H,5,12-13H2. The van der Waals surface area contributed by atoms with Gasteiger partial charge in [0, 0.05) is 11.9 Å². The summed E-state index contributed by atoms with van der Waals surface area (Å²) in [6.45, 7) is 0.735. The largest absolute Gasteiger partial charge is 0.493 e. The van der Waals surface area contributed by atoms with Crippen LogP contribution in [0.25, 0.3) is 21.7 Å². The maximum atomic E-state index is 12.1. The second kappa shape index (κ2) is 7.29. The highest BCUT2D eigenvalue weighted by molar-refractivity contribution is 6.35. The summed E-state index contributed by atoms with van der Waals surface area (Å²) < 4.78 is 12.1. The minimum atomic E-state index is -0.717. The van der Waals surface area contributed by atoms with Gasteiger partial charge in [-0.25, -0.2) is 9.59 Å². The molecule has 0 saturated heterocycles.